The average Bonchev–Trinajstić information content (AvgIpc) is 2.38. The average molecular weight is 246 g/mol. The molecule has 1 aromatic carbocycles. The lowest BCUT2D eigenvalue weighted by Gasteiger charge is -2.39. The third kappa shape index (κ3) is 3.05. The second kappa shape index (κ2) is 5.31. The molecular weight excluding hydrogens is 220 g/mol. The van der Waals surface area contributed by atoms with E-state index in [1.807, 2.05) is 0 Å². The zero-order valence-corrected chi connectivity index (χ0v) is 11.9. The van der Waals surface area contributed by atoms with Crippen LogP contribution < -0.4 is 10.6 Å². The molecule has 0 saturated carbocycles. The highest BCUT2D eigenvalue weighted by Gasteiger charge is 2.28. The summed E-state index contributed by atoms with van der Waals surface area (Å²) in [7, 11) is 0. The van der Waals surface area contributed by atoms with Gasteiger partial charge in [-0.25, -0.2) is 0 Å². The van der Waals surface area contributed by atoms with Crippen LogP contribution in [-0.2, 0) is 6.54 Å². The molecule has 100 valence electrons. The molecule has 1 aliphatic rings. The molecule has 2 N–H and O–H groups in total. The number of anilines is 1. The molecule has 2 nitrogen and oxygen atoms in total. The number of nitrogens with zero attached hydrogens (tertiary/aromatic N) is 1. The summed E-state index contributed by atoms with van der Waals surface area (Å²) < 4.78 is 0. The largest absolute Gasteiger partial charge is 0.372 e. The van der Waals surface area contributed by atoms with E-state index in [9.17, 15) is 0 Å². The van der Waals surface area contributed by atoms with Crippen LogP contribution in [0.1, 0.15) is 39.2 Å². The Labute approximate surface area is 111 Å². The number of benzene rings is 1. The van der Waals surface area contributed by atoms with Crippen LogP contribution >= 0.6 is 0 Å². The number of nitrogens with two attached hydrogens (primary N) is 1. The Kier molecular flexibility index (Phi) is 3.96. The summed E-state index contributed by atoms with van der Waals surface area (Å²) in [6.45, 7) is 10.1. The van der Waals surface area contributed by atoms with Crippen LogP contribution in [0.25, 0.3) is 0 Å². The van der Waals surface area contributed by atoms with Crippen molar-refractivity contribution in [2.45, 2.75) is 40.2 Å². The monoisotopic (exact) mass is 246 g/mol. The van der Waals surface area contributed by atoms with Gasteiger partial charge in [-0.05, 0) is 41.9 Å². The van der Waals surface area contributed by atoms with Crippen molar-refractivity contribution < 1.29 is 0 Å². The van der Waals surface area contributed by atoms with Crippen molar-refractivity contribution >= 4 is 5.69 Å². The topological polar surface area (TPSA) is 29.3 Å². The number of piperidine rings is 1. The molecule has 0 spiro atoms. The molecule has 1 heterocycles. The Morgan fingerprint density at radius 2 is 1.67 bits per heavy atom. The smallest absolute Gasteiger partial charge is 0.0366 e. The van der Waals surface area contributed by atoms with Crippen molar-refractivity contribution in [2.24, 2.45) is 17.1 Å². The van der Waals surface area contributed by atoms with Crippen molar-refractivity contribution in [3.8, 4) is 0 Å². The van der Waals surface area contributed by atoms with Gasteiger partial charge in [0.15, 0.2) is 0 Å². The summed E-state index contributed by atoms with van der Waals surface area (Å²) >= 11 is 0. The van der Waals surface area contributed by atoms with Gasteiger partial charge in [0.05, 0.1) is 0 Å². The lowest BCUT2D eigenvalue weighted by atomic mass is 9.75. The van der Waals surface area contributed by atoms with E-state index in [0.717, 1.165) is 5.92 Å². The van der Waals surface area contributed by atoms with Gasteiger partial charge >= 0.3 is 0 Å². The van der Waals surface area contributed by atoms with Crippen molar-refractivity contribution in [1.82, 2.24) is 0 Å². The summed E-state index contributed by atoms with van der Waals surface area (Å²) in [4.78, 5) is 2.50. The first-order valence-electron chi connectivity index (χ1n) is 7.04. The zero-order chi connectivity index (χ0) is 13.2. The van der Waals surface area contributed by atoms with Gasteiger partial charge in [0, 0.05) is 25.3 Å². The highest BCUT2D eigenvalue weighted by molar-refractivity contribution is 5.47. The standard InChI is InChI=1S/C16H26N2/c1-16(2,3)14-8-10-18(11-9-14)15-6-4-13(12-17)5-7-15/h4-7,14H,8-12,17H2,1-3H3. The van der Waals surface area contributed by atoms with Gasteiger partial charge in [-0.2, -0.15) is 0 Å². The van der Waals surface area contributed by atoms with Gasteiger partial charge in [-0.15, -0.1) is 0 Å². The van der Waals surface area contributed by atoms with E-state index in [1.165, 1.54) is 37.2 Å². The SMILES string of the molecule is CC(C)(C)C1CCN(c2ccc(CN)cc2)CC1. The van der Waals surface area contributed by atoms with Gasteiger partial charge in [0.2, 0.25) is 0 Å². The van der Waals surface area contributed by atoms with E-state index in [-0.39, 0.29) is 0 Å². The van der Waals surface area contributed by atoms with Crippen LogP contribution in [0.3, 0.4) is 0 Å². The summed E-state index contributed by atoms with van der Waals surface area (Å²) in [6, 6.07) is 8.70. The second-order valence-electron chi connectivity index (χ2n) is 6.50. The van der Waals surface area contributed by atoms with Crippen LogP contribution in [0.2, 0.25) is 0 Å². The fourth-order valence-electron chi connectivity index (χ4n) is 2.85. The number of rotatable bonds is 2. The first-order chi connectivity index (χ1) is 8.50. The maximum absolute atomic E-state index is 5.63. The molecule has 2 heteroatoms. The third-order valence-corrected chi connectivity index (χ3v) is 4.26. The summed E-state index contributed by atoms with van der Waals surface area (Å²) in [5.74, 6) is 0.858. The highest BCUT2D eigenvalue weighted by atomic mass is 15.1. The molecule has 0 atom stereocenters. The first kappa shape index (κ1) is 13.4. The first-order valence-corrected chi connectivity index (χ1v) is 7.04. The normalized spacial score (nSPS) is 18.1. The molecule has 0 unspecified atom stereocenters. The Morgan fingerprint density at radius 1 is 1.11 bits per heavy atom. The van der Waals surface area contributed by atoms with Crippen molar-refractivity contribution in [3.05, 3.63) is 29.8 Å². The molecule has 0 amide bonds. The van der Waals surface area contributed by atoms with Crippen molar-refractivity contribution in [2.75, 3.05) is 18.0 Å². The van der Waals surface area contributed by atoms with Gasteiger partial charge < -0.3 is 10.6 Å². The lowest BCUT2D eigenvalue weighted by Crippen LogP contribution is -2.38. The summed E-state index contributed by atoms with van der Waals surface area (Å²) in [6.07, 6.45) is 2.62. The molecule has 0 aromatic heterocycles. The van der Waals surface area contributed by atoms with Gasteiger partial charge in [0.1, 0.15) is 0 Å². The van der Waals surface area contributed by atoms with Crippen LogP contribution in [0.4, 0.5) is 5.69 Å². The number of hydrogen-bond acceptors (Lipinski definition) is 2. The fourth-order valence-corrected chi connectivity index (χ4v) is 2.85. The molecule has 2 rings (SSSR count). The minimum atomic E-state index is 0.454. The van der Waals surface area contributed by atoms with E-state index >= 15 is 0 Å². The molecule has 1 fully saturated rings. The van der Waals surface area contributed by atoms with Crippen LogP contribution in [0.15, 0.2) is 24.3 Å². The molecule has 0 bridgehead atoms. The van der Waals surface area contributed by atoms with E-state index in [2.05, 4.69) is 49.9 Å². The highest BCUT2D eigenvalue weighted by Crippen LogP contribution is 2.35. The van der Waals surface area contributed by atoms with Gasteiger partial charge in [-0.3, -0.25) is 0 Å². The van der Waals surface area contributed by atoms with Crippen LogP contribution in [-0.4, -0.2) is 13.1 Å². The fraction of sp³-hybridized carbons (Fsp3) is 0.625. The quantitative estimate of drug-likeness (QED) is 0.866. The third-order valence-electron chi connectivity index (χ3n) is 4.26. The predicted molar refractivity (Wildman–Crippen MR) is 78.7 cm³/mol. The van der Waals surface area contributed by atoms with Crippen LogP contribution in [0.5, 0.6) is 0 Å². The van der Waals surface area contributed by atoms with Gasteiger partial charge in [0.25, 0.3) is 0 Å². The molecule has 18 heavy (non-hydrogen) atoms. The molecule has 1 aliphatic heterocycles. The molecule has 1 saturated heterocycles. The number of hydrogen-bond donors (Lipinski definition) is 1. The Balaban J connectivity index is 1.96. The maximum Gasteiger partial charge on any atom is 0.0366 e. The Bertz CT molecular complexity index is 367. The second-order valence-corrected chi connectivity index (χ2v) is 6.50. The summed E-state index contributed by atoms with van der Waals surface area (Å²) in [5, 5.41) is 0. The lowest BCUT2D eigenvalue weighted by molar-refractivity contribution is 0.199. The Morgan fingerprint density at radius 3 is 2.11 bits per heavy atom. The van der Waals surface area contributed by atoms with E-state index in [1.54, 1.807) is 0 Å². The maximum atomic E-state index is 5.63. The zero-order valence-electron chi connectivity index (χ0n) is 11.9. The van der Waals surface area contributed by atoms with Crippen molar-refractivity contribution in [1.29, 1.82) is 0 Å². The molecular formula is C16H26N2. The summed E-state index contributed by atoms with van der Waals surface area (Å²) in [5.41, 5.74) is 8.64. The Hall–Kier alpha value is -1.02. The molecule has 1 aromatic rings. The minimum absolute atomic E-state index is 0.454. The van der Waals surface area contributed by atoms with Gasteiger partial charge in [-0.1, -0.05) is 32.9 Å². The van der Waals surface area contributed by atoms with E-state index in [0.29, 0.717) is 12.0 Å². The molecule has 0 radical (unpaired) electrons. The van der Waals surface area contributed by atoms with E-state index < -0.39 is 0 Å². The van der Waals surface area contributed by atoms with E-state index in [4.69, 9.17) is 5.73 Å². The minimum Gasteiger partial charge on any atom is -0.372 e. The molecule has 0 aliphatic carbocycles. The predicted octanol–water partition coefficient (Wildman–Crippen LogP) is 3.41. The van der Waals surface area contributed by atoms with Crippen LogP contribution in [0, 0.1) is 11.3 Å². The van der Waals surface area contributed by atoms with Crippen molar-refractivity contribution in [3.63, 3.8) is 0 Å².